The molecule has 30 heavy (non-hydrogen) atoms. The Labute approximate surface area is 178 Å². The molecule has 3 atom stereocenters. The van der Waals surface area contributed by atoms with Crippen LogP contribution in [0.15, 0.2) is 54.6 Å². The molecule has 160 valence electrons. The summed E-state index contributed by atoms with van der Waals surface area (Å²) in [4.78, 5) is 11.3. The Bertz CT molecular complexity index is 966. The first-order valence-corrected chi connectivity index (χ1v) is 12.0. The Hall–Kier alpha value is -2.38. The molecule has 0 radical (unpaired) electrons. The summed E-state index contributed by atoms with van der Waals surface area (Å²) in [6, 6.07) is 17.1. The summed E-state index contributed by atoms with van der Waals surface area (Å²) in [6.07, 6.45) is 2.65. The smallest absolute Gasteiger partial charge is 0.221 e. The summed E-state index contributed by atoms with van der Waals surface area (Å²) < 4.78 is 34.3. The summed E-state index contributed by atoms with van der Waals surface area (Å²) in [5, 5.41) is 2.33. The number of hydrogen-bond acceptors (Lipinski definition) is 4. The summed E-state index contributed by atoms with van der Waals surface area (Å²) in [5.41, 5.74) is 1.79. The molecule has 2 aromatic carbocycles. The first-order valence-electron chi connectivity index (χ1n) is 10.5. The second-order valence-corrected chi connectivity index (χ2v) is 10.2. The fourth-order valence-electron chi connectivity index (χ4n) is 4.21. The zero-order valence-corrected chi connectivity index (χ0v) is 18.0. The largest absolute Gasteiger partial charge is 0.489 e. The van der Waals surface area contributed by atoms with Crippen molar-refractivity contribution >= 4 is 15.9 Å². The van der Waals surface area contributed by atoms with Crippen LogP contribution in [0.25, 0.3) is 0 Å². The van der Waals surface area contributed by atoms with Crippen LogP contribution in [-0.2, 0) is 21.4 Å². The lowest BCUT2D eigenvalue weighted by molar-refractivity contribution is -0.123. The predicted octanol–water partition coefficient (Wildman–Crippen LogP) is 3.40. The maximum atomic E-state index is 13.4. The van der Waals surface area contributed by atoms with Crippen molar-refractivity contribution in [3.63, 3.8) is 0 Å². The molecule has 7 heteroatoms. The minimum Gasteiger partial charge on any atom is -0.489 e. The van der Waals surface area contributed by atoms with Crippen LogP contribution in [-0.4, -0.2) is 37.3 Å². The Balaban J connectivity index is 1.45. The first-order chi connectivity index (χ1) is 14.4. The van der Waals surface area contributed by atoms with Gasteiger partial charge in [-0.2, -0.15) is 4.31 Å². The molecule has 2 aromatic rings. The number of hydrogen-bond donors (Lipinski definition) is 1. The molecule has 0 bridgehead atoms. The third kappa shape index (κ3) is 4.52. The SMILES string of the molecule is C[C@H]1CCC(c2ccccc2)S(=O)(=O)N1Cc1ccc(OC2CCC(=O)NC2)cc1. The Morgan fingerprint density at radius 1 is 1.03 bits per heavy atom. The maximum Gasteiger partial charge on any atom is 0.221 e. The number of rotatable bonds is 5. The van der Waals surface area contributed by atoms with Gasteiger partial charge in [0.2, 0.25) is 15.9 Å². The van der Waals surface area contributed by atoms with E-state index in [0.29, 0.717) is 32.4 Å². The summed E-state index contributed by atoms with van der Waals surface area (Å²) in [6.45, 7) is 2.85. The van der Waals surface area contributed by atoms with Crippen LogP contribution < -0.4 is 10.1 Å². The van der Waals surface area contributed by atoms with Gasteiger partial charge in [-0.25, -0.2) is 8.42 Å². The lowest BCUT2D eigenvalue weighted by Gasteiger charge is -2.37. The van der Waals surface area contributed by atoms with Crippen LogP contribution in [0.5, 0.6) is 5.75 Å². The maximum absolute atomic E-state index is 13.4. The monoisotopic (exact) mass is 428 g/mol. The minimum absolute atomic E-state index is 0.0253. The van der Waals surface area contributed by atoms with E-state index in [1.54, 1.807) is 4.31 Å². The third-order valence-corrected chi connectivity index (χ3v) is 8.35. The zero-order chi connectivity index (χ0) is 21.1. The molecule has 0 saturated carbocycles. The van der Waals surface area contributed by atoms with E-state index >= 15 is 0 Å². The average molecular weight is 429 g/mol. The van der Waals surface area contributed by atoms with Gasteiger partial charge in [0.1, 0.15) is 17.1 Å². The molecule has 1 N–H and O–H groups in total. The van der Waals surface area contributed by atoms with Gasteiger partial charge in [0.15, 0.2) is 0 Å². The zero-order valence-electron chi connectivity index (χ0n) is 17.2. The van der Waals surface area contributed by atoms with E-state index in [0.717, 1.165) is 23.3 Å². The second-order valence-electron chi connectivity index (χ2n) is 8.14. The van der Waals surface area contributed by atoms with Gasteiger partial charge in [-0.15, -0.1) is 0 Å². The van der Waals surface area contributed by atoms with Gasteiger partial charge in [0.25, 0.3) is 0 Å². The predicted molar refractivity (Wildman–Crippen MR) is 115 cm³/mol. The highest BCUT2D eigenvalue weighted by molar-refractivity contribution is 7.89. The average Bonchev–Trinajstić information content (AvgIpc) is 2.74. The normalized spacial score (nSPS) is 26.7. The molecule has 1 amide bonds. The number of carbonyl (C=O) groups excluding carboxylic acids is 1. The highest BCUT2D eigenvalue weighted by Gasteiger charge is 2.40. The van der Waals surface area contributed by atoms with E-state index in [2.05, 4.69) is 5.32 Å². The van der Waals surface area contributed by atoms with Crippen molar-refractivity contribution in [2.45, 2.75) is 56.5 Å². The highest BCUT2D eigenvalue weighted by atomic mass is 32.2. The quantitative estimate of drug-likeness (QED) is 0.792. The standard InChI is InChI=1S/C23H28N2O4S/c1-17-7-13-22(19-5-3-2-4-6-19)30(27,28)25(17)16-18-8-10-20(11-9-18)29-21-12-14-23(26)24-15-21/h2-6,8-11,17,21-22H,7,12-16H2,1H3,(H,24,26)/t17-,21?,22?/m0/s1. The van der Waals surface area contributed by atoms with Crippen molar-refractivity contribution < 1.29 is 17.9 Å². The summed E-state index contributed by atoms with van der Waals surface area (Å²) in [7, 11) is -3.44. The van der Waals surface area contributed by atoms with Crippen LogP contribution in [0.2, 0.25) is 0 Å². The highest BCUT2D eigenvalue weighted by Crippen LogP contribution is 2.38. The molecule has 2 aliphatic rings. The van der Waals surface area contributed by atoms with E-state index in [9.17, 15) is 13.2 Å². The van der Waals surface area contributed by atoms with Crippen molar-refractivity contribution in [2.24, 2.45) is 0 Å². The molecular weight excluding hydrogens is 400 g/mol. The Morgan fingerprint density at radius 2 is 1.77 bits per heavy atom. The van der Waals surface area contributed by atoms with E-state index in [1.165, 1.54) is 0 Å². The van der Waals surface area contributed by atoms with Crippen molar-refractivity contribution in [1.82, 2.24) is 9.62 Å². The number of carbonyl (C=O) groups is 1. The van der Waals surface area contributed by atoms with Crippen molar-refractivity contribution in [1.29, 1.82) is 0 Å². The lowest BCUT2D eigenvalue weighted by atomic mass is 10.0. The molecule has 0 aliphatic carbocycles. The van der Waals surface area contributed by atoms with Gasteiger partial charge in [-0.3, -0.25) is 4.79 Å². The molecule has 2 aliphatic heterocycles. The minimum atomic E-state index is -3.44. The molecule has 2 heterocycles. The Kier molecular flexibility index (Phi) is 6.11. The van der Waals surface area contributed by atoms with Crippen molar-refractivity contribution in [3.8, 4) is 5.75 Å². The van der Waals surface area contributed by atoms with Crippen LogP contribution in [0.1, 0.15) is 49.0 Å². The van der Waals surface area contributed by atoms with E-state index in [1.807, 2.05) is 61.5 Å². The van der Waals surface area contributed by atoms with E-state index in [-0.39, 0.29) is 18.1 Å². The van der Waals surface area contributed by atoms with Crippen LogP contribution >= 0.6 is 0 Å². The van der Waals surface area contributed by atoms with Crippen LogP contribution in [0, 0.1) is 0 Å². The number of nitrogens with zero attached hydrogens (tertiary/aromatic N) is 1. The first kappa shape index (κ1) is 20.9. The molecule has 2 unspecified atom stereocenters. The summed E-state index contributed by atoms with van der Waals surface area (Å²) in [5.74, 6) is 0.799. The second kappa shape index (κ2) is 8.78. The van der Waals surface area contributed by atoms with E-state index in [4.69, 9.17) is 4.74 Å². The van der Waals surface area contributed by atoms with Crippen LogP contribution in [0.3, 0.4) is 0 Å². The number of sulfonamides is 1. The fraction of sp³-hybridized carbons (Fsp3) is 0.435. The number of ether oxygens (including phenoxy) is 1. The number of nitrogens with one attached hydrogen (secondary N) is 1. The van der Waals surface area contributed by atoms with Gasteiger partial charge in [-0.1, -0.05) is 42.5 Å². The summed E-state index contributed by atoms with van der Waals surface area (Å²) >= 11 is 0. The van der Waals surface area contributed by atoms with Gasteiger partial charge in [0, 0.05) is 19.0 Å². The van der Waals surface area contributed by atoms with Gasteiger partial charge in [-0.05, 0) is 49.4 Å². The number of piperidine rings is 1. The lowest BCUT2D eigenvalue weighted by Crippen LogP contribution is -2.44. The topological polar surface area (TPSA) is 75.7 Å². The molecule has 6 nitrogen and oxygen atoms in total. The van der Waals surface area contributed by atoms with E-state index < -0.39 is 15.3 Å². The molecule has 2 fully saturated rings. The molecule has 0 aromatic heterocycles. The number of benzene rings is 2. The fourth-order valence-corrected chi connectivity index (χ4v) is 6.41. The molecule has 2 saturated heterocycles. The third-order valence-electron chi connectivity index (χ3n) is 5.98. The molecule has 0 spiro atoms. The van der Waals surface area contributed by atoms with Gasteiger partial charge in [0.05, 0.1) is 6.54 Å². The number of amides is 1. The van der Waals surface area contributed by atoms with Crippen molar-refractivity contribution in [3.05, 3.63) is 65.7 Å². The molecular formula is C23H28N2O4S. The molecule has 4 rings (SSSR count). The van der Waals surface area contributed by atoms with Gasteiger partial charge >= 0.3 is 0 Å². The van der Waals surface area contributed by atoms with Crippen LogP contribution in [0.4, 0.5) is 0 Å². The van der Waals surface area contributed by atoms with Crippen molar-refractivity contribution in [2.75, 3.05) is 6.54 Å². The Morgan fingerprint density at radius 3 is 2.43 bits per heavy atom. The van der Waals surface area contributed by atoms with Gasteiger partial charge < -0.3 is 10.1 Å².